The van der Waals surface area contributed by atoms with Gasteiger partial charge in [0, 0.05) is 35.1 Å². The minimum atomic E-state index is -3.83. The number of carbonyl (C=O) groups is 2. The Morgan fingerprint density at radius 1 is 0.946 bits per heavy atom. The van der Waals surface area contributed by atoms with Crippen molar-refractivity contribution < 1.29 is 18.0 Å². The number of primary amides is 1. The molecular formula is C28H30N4O4S. The van der Waals surface area contributed by atoms with Gasteiger partial charge in [0.2, 0.25) is 5.91 Å². The minimum Gasteiger partial charge on any atom is -0.370 e. The molecule has 0 bridgehead atoms. The van der Waals surface area contributed by atoms with E-state index in [0.717, 1.165) is 11.1 Å². The Morgan fingerprint density at radius 3 is 2.24 bits per heavy atom. The molecule has 0 radical (unpaired) electrons. The summed E-state index contributed by atoms with van der Waals surface area (Å²) in [5, 5.41) is 3.38. The van der Waals surface area contributed by atoms with Crippen molar-refractivity contribution in [3.05, 3.63) is 84.1 Å². The second-order valence-corrected chi connectivity index (χ2v) is 11.5. The quantitative estimate of drug-likeness (QED) is 0.272. The van der Waals surface area contributed by atoms with E-state index in [0.29, 0.717) is 27.8 Å². The van der Waals surface area contributed by atoms with Crippen LogP contribution in [0, 0.1) is 0 Å². The highest BCUT2D eigenvalue weighted by atomic mass is 32.2. The molecule has 2 amide bonds. The summed E-state index contributed by atoms with van der Waals surface area (Å²) in [6.45, 7) is 6.31. The van der Waals surface area contributed by atoms with Crippen LogP contribution in [0.2, 0.25) is 0 Å². The molecule has 9 heteroatoms. The molecule has 0 aliphatic heterocycles. The zero-order valence-corrected chi connectivity index (χ0v) is 21.8. The van der Waals surface area contributed by atoms with Crippen LogP contribution in [0.15, 0.2) is 77.7 Å². The van der Waals surface area contributed by atoms with Crippen molar-refractivity contribution in [2.75, 3.05) is 11.3 Å². The van der Waals surface area contributed by atoms with Gasteiger partial charge in [-0.1, -0.05) is 63.2 Å². The maximum atomic E-state index is 13.1. The fourth-order valence-electron chi connectivity index (χ4n) is 4.07. The fourth-order valence-corrected chi connectivity index (χ4v) is 5.12. The molecule has 0 fully saturated rings. The number of aromatic nitrogens is 1. The lowest BCUT2D eigenvalue weighted by molar-refractivity contribution is -0.117. The number of anilines is 1. The molecule has 1 aromatic heterocycles. The maximum absolute atomic E-state index is 13.1. The van der Waals surface area contributed by atoms with E-state index in [-0.39, 0.29) is 23.3 Å². The van der Waals surface area contributed by atoms with Crippen LogP contribution >= 0.6 is 0 Å². The van der Waals surface area contributed by atoms with Crippen LogP contribution in [-0.4, -0.2) is 31.8 Å². The van der Waals surface area contributed by atoms with Crippen LogP contribution in [-0.2, 0) is 20.2 Å². The number of hydrogen-bond acceptors (Lipinski definition) is 4. The summed E-state index contributed by atoms with van der Waals surface area (Å²) >= 11 is 0. The molecular weight excluding hydrogens is 488 g/mol. The number of nitrogens with two attached hydrogens (primary N) is 1. The average Bonchev–Trinajstić information content (AvgIpc) is 3.22. The lowest BCUT2D eigenvalue weighted by Crippen LogP contribution is -2.28. The SMILES string of the molecule is CC(C)(C)c1ccc(S(=O)(=O)Nc2ccc3[nH]c(C(=O)NCCC(N)=O)c(-c4ccccc4)c3c2)cc1. The van der Waals surface area contributed by atoms with Crippen LogP contribution in [0.25, 0.3) is 22.0 Å². The summed E-state index contributed by atoms with van der Waals surface area (Å²) in [6, 6.07) is 21.2. The van der Waals surface area contributed by atoms with Gasteiger partial charge in [-0.2, -0.15) is 0 Å². The number of nitrogens with one attached hydrogen (secondary N) is 3. The zero-order valence-electron chi connectivity index (χ0n) is 21.0. The van der Waals surface area contributed by atoms with Crippen molar-refractivity contribution in [3.8, 4) is 11.1 Å². The van der Waals surface area contributed by atoms with E-state index in [1.807, 2.05) is 42.5 Å². The topological polar surface area (TPSA) is 134 Å². The third-order valence-electron chi connectivity index (χ3n) is 6.03. The van der Waals surface area contributed by atoms with E-state index in [4.69, 9.17) is 5.73 Å². The summed E-state index contributed by atoms with van der Waals surface area (Å²) in [6.07, 6.45) is 0.0231. The number of sulfonamides is 1. The van der Waals surface area contributed by atoms with Crippen LogP contribution in [0.3, 0.4) is 0 Å². The third kappa shape index (κ3) is 5.83. The van der Waals surface area contributed by atoms with Crippen molar-refractivity contribution in [1.82, 2.24) is 10.3 Å². The number of carbonyl (C=O) groups excluding carboxylic acids is 2. The third-order valence-corrected chi connectivity index (χ3v) is 7.43. The van der Waals surface area contributed by atoms with Gasteiger partial charge in [0.15, 0.2) is 0 Å². The first kappa shape index (κ1) is 26.0. The van der Waals surface area contributed by atoms with Gasteiger partial charge in [0.1, 0.15) is 5.69 Å². The van der Waals surface area contributed by atoms with Gasteiger partial charge < -0.3 is 16.0 Å². The van der Waals surface area contributed by atoms with E-state index in [2.05, 4.69) is 35.8 Å². The molecule has 3 aromatic carbocycles. The molecule has 0 saturated carbocycles. The fraction of sp³-hybridized carbons (Fsp3) is 0.214. The van der Waals surface area contributed by atoms with Crippen molar-refractivity contribution in [1.29, 1.82) is 0 Å². The molecule has 4 rings (SSSR count). The Kier molecular flexibility index (Phi) is 7.09. The molecule has 192 valence electrons. The summed E-state index contributed by atoms with van der Waals surface area (Å²) < 4.78 is 28.9. The standard InChI is InChI=1S/C28H30N4O4S/c1-28(2,3)19-9-12-21(13-10-19)37(35,36)32-20-11-14-23-22(17-20)25(18-7-5-4-6-8-18)26(31-23)27(34)30-16-15-24(29)33/h4-14,17,31-32H,15-16H2,1-3H3,(H2,29,33)(H,30,34). The molecule has 0 saturated heterocycles. The second kappa shape index (κ2) is 10.1. The predicted molar refractivity (Wildman–Crippen MR) is 146 cm³/mol. The lowest BCUT2D eigenvalue weighted by Gasteiger charge is -2.19. The minimum absolute atomic E-state index is 0.0231. The number of hydrogen-bond donors (Lipinski definition) is 4. The Bertz CT molecular complexity index is 1550. The Labute approximate surface area is 216 Å². The van der Waals surface area contributed by atoms with Crippen molar-refractivity contribution in [2.24, 2.45) is 5.73 Å². The van der Waals surface area contributed by atoms with E-state index in [1.165, 1.54) is 0 Å². The van der Waals surface area contributed by atoms with Crippen molar-refractivity contribution >= 4 is 38.4 Å². The molecule has 0 atom stereocenters. The highest BCUT2D eigenvalue weighted by Gasteiger charge is 2.21. The second-order valence-electron chi connectivity index (χ2n) is 9.85. The normalized spacial score (nSPS) is 11.9. The Morgan fingerprint density at radius 2 is 1.62 bits per heavy atom. The molecule has 4 aromatic rings. The Hall–Kier alpha value is -4.11. The zero-order chi connectivity index (χ0) is 26.8. The lowest BCUT2D eigenvalue weighted by atomic mass is 9.87. The van der Waals surface area contributed by atoms with E-state index in [9.17, 15) is 18.0 Å². The summed E-state index contributed by atoms with van der Waals surface area (Å²) in [7, 11) is -3.83. The van der Waals surface area contributed by atoms with E-state index in [1.54, 1.807) is 30.3 Å². The summed E-state index contributed by atoms with van der Waals surface area (Å²) in [5.41, 5.74) is 8.88. The van der Waals surface area contributed by atoms with Crippen LogP contribution < -0.4 is 15.8 Å². The molecule has 0 aliphatic carbocycles. The van der Waals surface area contributed by atoms with Crippen LogP contribution in [0.1, 0.15) is 43.2 Å². The first-order valence-corrected chi connectivity index (χ1v) is 13.3. The molecule has 0 unspecified atom stereocenters. The number of aromatic amines is 1. The number of fused-ring (bicyclic) bond motifs is 1. The monoisotopic (exact) mass is 518 g/mol. The average molecular weight is 519 g/mol. The molecule has 5 N–H and O–H groups in total. The molecule has 0 spiro atoms. The highest BCUT2D eigenvalue weighted by molar-refractivity contribution is 7.92. The van der Waals surface area contributed by atoms with Gasteiger partial charge in [-0.25, -0.2) is 8.42 Å². The van der Waals surface area contributed by atoms with Crippen LogP contribution in [0.5, 0.6) is 0 Å². The van der Waals surface area contributed by atoms with Gasteiger partial charge in [-0.15, -0.1) is 0 Å². The number of benzene rings is 3. The number of rotatable bonds is 8. The molecule has 37 heavy (non-hydrogen) atoms. The highest BCUT2D eigenvalue weighted by Crippen LogP contribution is 2.34. The molecule has 1 heterocycles. The van der Waals surface area contributed by atoms with Gasteiger partial charge in [-0.3, -0.25) is 14.3 Å². The van der Waals surface area contributed by atoms with E-state index < -0.39 is 21.8 Å². The van der Waals surface area contributed by atoms with Gasteiger partial charge in [-0.05, 0) is 46.9 Å². The van der Waals surface area contributed by atoms with Gasteiger partial charge in [0.25, 0.3) is 15.9 Å². The molecule has 8 nitrogen and oxygen atoms in total. The Balaban J connectivity index is 1.71. The van der Waals surface area contributed by atoms with Crippen molar-refractivity contribution in [3.63, 3.8) is 0 Å². The summed E-state index contributed by atoms with van der Waals surface area (Å²) in [4.78, 5) is 27.3. The first-order valence-electron chi connectivity index (χ1n) is 11.9. The number of H-pyrrole nitrogens is 1. The summed E-state index contributed by atoms with van der Waals surface area (Å²) in [5.74, 6) is -0.900. The van der Waals surface area contributed by atoms with Crippen molar-refractivity contribution in [2.45, 2.75) is 37.5 Å². The van der Waals surface area contributed by atoms with Gasteiger partial charge in [0.05, 0.1) is 4.90 Å². The maximum Gasteiger partial charge on any atom is 0.268 e. The largest absolute Gasteiger partial charge is 0.370 e. The first-order chi connectivity index (χ1) is 17.5. The number of amides is 2. The smallest absolute Gasteiger partial charge is 0.268 e. The predicted octanol–water partition coefficient (Wildman–Crippen LogP) is 4.54. The van der Waals surface area contributed by atoms with Crippen LogP contribution in [0.4, 0.5) is 5.69 Å². The van der Waals surface area contributed by atoms with E-state index >= 15 is 0 Å². The van der Waals surface area contributed by atoms with Gasteiger partial charge >= 0.3 is 0 Å². The molecule has 0 aliphatic rings.